The molecule has 0 bridgehead atoms. The smallest absolute Gasteiger partial charge is 0.293 e. The Hall–Kier alpha value is -1.69. The molecule has 0 fully saturated rings. The van der Waals surface area contributed by atoms with Crippen LogP contribution in [-0.2, 0) is 0 Å². The first-order chi connectivity index (χ1) is 9.68. The van der Waals surface area contributed by atoms with E-state index in [1.807, 2.05) is 6.92 Å². The number of aryl methyl sites for hydroxylation is 1. The number of hydrogen-bond donors (Lipinski definition) is 1. The van der Waals surface area contributed by atoms with Gasteiger partial charge in [-0.2, -0.15) is 0 Å². The molecule has 0 saturated heterocycles. The Labute approximate surface area is 128 Å². The van der Waals surface area contributed by atoms with E-state index >= 15 is 0 Å². The third-order valence-corrected chi connectivity index (χ3v) is 4.82. The van der Waals surface area contributed by atoms with E-state index in [1.54, 1.807) is 12.1 Å². The molecule has 0 aliphatic rings. The predicted octanol–water partition coefficient (Wildman–Crippen LogP) is 4.61. The summed E-state index contributed by atoms with van der Waals surface area (Å²) >= 11 is 1.48. The van der Waals surface area contributed by atoms with Gasteiger partial charge in [0.1, 0.15) is 5.69 Å². The van der Waals surface area contributed by atoms with Crippen LogP contribution < -0.4 is 5.32 Å². The third-order valence-electron chi connectivity index (χ3n) is 3.89. The van der Waals surface area contributed by atoms with Gasteiger partial charge in [0.2, 0.25) is 0 Å². The van der Waals surface area contributed by atoms with Crippen molar-refractivity contribution < 1.29 is 4.92 Å². The fraction of sp³-hybridized carbons (Fsp3) is 0.533. The van der Waals surface area contributed by atoms with Gasteiger partial charge in [-0.1, -0.05) is 27.7 Å². The molecule has 114 valence electrons. The number of aromatic nitrogens is 1. The van der Waals surface area contributed by atoms with Crippen LogP contribution in [0, 0.1) is 28.4 Å². The van der Waals surface area contributed by atoms with Crippen molar-refractivity contribution in [2.24, 2.45) is 11.3 Å². The van der Waals surface area contributed by atoms with E-state index in [0.717, 1.165) is 15.2 Å². The highest BCUT2D eigenvalue weighted by Crippen LogP contribution is 2.34. The van der Waals surface area contributed by atoms with Gasteiger partial charge in [0.25, 0.3) is 5.69 Å². The first kappa shape index (κ1) is 15.7. The Morgan fingerprint density at radius 2 is 2.10 bits per heavy atom. The van der Waals surface area contributed by atoms with Crippen molar-refractivity contribution in [3.8, 4) is 0 Å². The number of nitrogens with one attached hydrogen (secondary N) is 1. The second kappa shape index (κ2) is 5.60. The second-order valence-corrected chi connectivity index (χ2v) is 7.71. The minimum atomic E-state index is -0.335. The maximum atomic E-state index is 11.3. The number of rotatable bonds is 4. The Morgan fingerprint density at radius 3 is 2.67 bits per heavy atom. The monoisotopic (exact) mass is 307 g/mol. The second-order valence-electron chi connectivity index (χ2n) is 6.48. The Balaban J connectivity index is 2.33. The van der Waals surface area contributed by atoms with Crippen LogP contribution in [0.15, 0.2) is 12.1 Å². The van der Waals surface area contributed by atoms with Crippen LogP contribution in [-0.4, -0.2) is 16.5 Å². The molecule has 1 atom stereocenters. The Kier molecular flexibility index (Phi) is 4.18. The van der Waals surface area contributed by atoms with Gasteiger partial charge in [-0.05, 0) is 24.3 Å². The quantitative estimate of drug-likeness (QED) is 0.661. The zero-order valence-corrected chi connectivity index (χ0v) is 13.9. The molecule has 6 heteroatoms. The van der Waals surface area contributed by atoms with Gasteiger partial charge in [-0.25, -0.2) is 4.98 Å². The summed E-state index contributed by atoms with van der Waals surface area (Å²) in [7, 11) is 0. The average Bonchev–Trinajstić information content (AvgIpc) is 2.72. The minimum Gasteiger partial charge on any atom is -0.379 e. The SMILES string of the molecule is Cc1nc2cc(NCC(C)C(C)(C)C)c([N+](=O)[O-])cc2s1. The molecule has 0 saturated carbocycles. The zero-order valence-electron chi connectivity index (χ0n) is 13.1. The molecule has 0 aliphatic heterocycles. The summed E-state index contributed by atoms with van der Waals surface area (Å²) in [6.45, 7) is 11.2. The van der Waals surface area contributed by atoms with Gasteiger partial charge in [0.05, 0.1) is 20.1 Å². The number of hydrogen-bond acceptors (Lipinski definition) is 5. The lowest BCUT2D eigenvalue weighted by Crippen LogP contribution is -2.25. The van der Waals surface area contributed by atoms with Crippen molar-refractivity contribution in [3.05, 3.63) is 27.3 Å². The molecule has 0 spiro atoms. The van der Waals surface area contributed by atoms with Crippen LogP contribution in [0.3, 0.4) is 0 Å². The fourth-order valence-electron chi connectivity index (χ4n) is 1.94. The molecule has 2 aromatic rings. The number of nitrogens with zero attached hydrogens (tertiary/aromatic N) is 2. The lowest BCUT2D eigenvalue weighted by Gasteiger charge is -2.27. The van der Waals surface area contributed by atoms with E-state index in [9.17, 15) is 10.1 Å². The van der Waals surface area contributed by atoms with E-state index in [-0.39, 0.29) is 16.0 Å². The molecule has 1 heterocycles. The summed E-state index contributed by atoms with van der Waals surface area (Å²) in [5.41, 5.74) is 1.64. The van der Waals surface area contributed by atoms with E-state index in [2.05, 4.69) is 38.0 Å². The van der Waals surface area contributed by atoms with E-state index in [0.29, 0.717) is 18.2 Å². The number of fused-ring (bicyclic) bond motifs is 1. The lowest BCUT2D eigenvalue weighted by molar-refractivity contribution is -0.383. The molecule has 1 unspecified atom stereocenters. The van der Waals surface area contributed by atoms with Crippen LogP contribution in [0.2, 0.25) is 0 Å². The molecule has 0 radical (unpaired) electrons. The number of thiazole rings is 1. The standard InChI is InChI=1S/C15H21N3O2S/c1-9(15(3,4)5)8-16-11-6-12-14(21-10(2)17-12)7-13(11)18(19)20/h6-7,9,16H,8H2,1-5H3. The molecule has 21 heavy (non-hydrogen) atoms. The highest BCUT2D eigenvalue weighted by atomic mass is 32.1. The highest BCUT2D eigenvalue weighted by Gasteiger charge is 2.22. The largest absolute Gasteiger partial charge is 0.379 e. The van der Waals surface area contributed by atoms with Crippen molar-refractivity contribution in [2.75, 3.05) is 11.9 Å². The first-order valence-electron chi connectivity index (χ1n) is 6.98. The van der Waals surface area contributed by atoms with Crippen molar-refractivity contribution in [2.45, 2.75) is 34.6 Å². The molecule has 1 N–H and O–H groups in total. The summed E-state index contributed by atoms with van der Waals surface area (Å²) in [6.07, 6.45) is 0. The fourth-order valence-corrected chi connectivity index (χ4v) is 2.78. The Bertz CT molecular complexity index is 673. The van der Waals surface area contributed by atoms with Crippen molar-refractivity contribution in [1.29, 1.82) is 0 Å². The highest BCUT2D eigenvalue weighted by molar-refractivity contribution is 7.18. The maximum Gasteiger partial charge on any atom is 0.293 e. The molecule has 0 amide bonds. The van der Waals surface area contributed by atoms with Gasteiger partial charge < -0.3 is 5.32 Å². The van der Waals surface area contributed by atoms with Crippen LogP contribution >= 0.6 is 11.3 Å². The zero-order chi connectivity index (χ0) is 15.8. The average molecular weight is 307 g/mol. The van der Waals surface area contributed by atoms with Gasteiger partial charge in [-0.15, -0.1) is 11.3 Å². The lowest BCUT2D eigenvalue weighted by atomic mass is 9.82. The van der Waals surface area contributed by atoms with E-state index in [4.69, 9.17) is 0 Å². The first-order valence-corrected chi connectivity index (χ1v) is 7.79. The van der Waals surface area contributed by atoms with Crippen LogP contribution in [0.4, 0.5) is 11.4 Å². The normalized spacial score (nSPS) is 13.4. The van der Waals surface area contributed by atoms with E-state index in [1.165, 1.54) is 11.3 Å². The van der Waals surface area contributed by atoms with Gasteiger partial charge >= 0.3 is 0 Å². The van der Waals surface area contributed by atoms with Crippen molar-refractivity contribution >= 4 is 32.9 Å². The summed E-state index contributed by atoms with van der Waals surface area (Å²) in [5.74, 6) is 0.393. The van der Waals surface area contributed by atoms with Gasteiger partial charge in [-0.3, -0.25) is 10.1 Å². The Morgan fingerprint density at radius 1 is 1.43 bits per heavy atom. The van der Waals surface area contributed by atoms with Crippen LogP contribution in [0.5, 0.6) is 0 Å². The number of anilines is 1. The van der Waals surface area contributed by atoms with Crippen molar-refractivity contribution in [1.82, 2.24) is 4.98 Å². The molecular formula is C15H21N3O2S. The molecule has 2 rings (SSSR count). The van der Waals surface area contributed by atoms with E-state index < -0.39 is 0 Å². The topological polar surface area (TPSA) is 68.1 Å². The molecule has 1 aromatic heterocycles. The summed E-state index contributed by atoms with van der Waals surface area (Å²) < 4.78 is 0.855. The molecular weight excluding hydrogens is 286 g/mol. The number of nitro groups is 1. The van der Waals surface area contributed by atoms with Crippen LogP contribution in [0.1, 0.15) is 32.7 Å². The van der Waals surface area contributed by atoms with Gasteiger partial charge in [0.15, 0.2) is 0 Å². The predicted molar refractivity (Wildman–Crippen MR) is 88.1 cm³/mol. The third kappa shape index (κ3) is 3.50. The number of benzene rings is 1. The minimum absolute atomic E-state index is 0.118. The van der Waals surface area contributed by atoms with Gasteiger partial charge in [0, 0.05) is 12.6 Å². The van der Waals surface area contributed by atoms with Crippen LogP contribution in [0.25, 0.3) is 10.2 Å². The van der Waals surface area contributed by atoms with Crippen molar-refractivity contribution in [3.63, 3.8) is 0 Å². The summed E-state index contributed by atoms with van der Waals surface area (Å²) in [5, 5.41) is 15.4. The maximum absolute atomic E-state index is 11.3. The summed E-state index contributed by atoms with van der Waals surface area (Å²) in [6, 6.07) is 3.40. The number of nitro benzene ring substituents is 1. The molecule has 1 aromatic carbocycles. The summed E-state index contributed by atoms with van der Waals surface area (Å²) in [4.78, 5) is 15.3. The molecule has 5 nitrogen and oxygen atoms in total. The molecule has 0 aliphatic carbocycles.